The van der Waals surface area contributed by atoms with E-state index in [4.69, 9.17) is 4.42 Å². The number of nitrogens with zero attached hydrogens (tertiary/aromatic N) is 2. The second kappa shape index (κ2) is 5.08. The van der Waals surface area contributed by atoms with Crippen molar-refractivity contribution in [2.24, 2.45) is 0 Å². The van der Waals surface area contributed by atoms with Crippen molar-refractivity contribution in [1.29, 1.82) is 0 Å². The molecule has 0 radical (unpaired) electrons. The first-order chi connectivity index (χ1) is 8.59. The van der Waals surface area contributed by atoms with Crippen LogP contribution in [0.5, 0.6) is 5.88 Å². The van der Waals surface area contributed by atoms with Crippen LogP contribution in [0.3, 0.4) is 0 Å². The van der Waals surface area contributed by atoms with E-state index in [9.17, 15) is 9.90 Å². The van der Waals surface area contributed by atoms with E-state index in [1.54, 1.807) is 12.4 Å². The van der Waals surface area contributed by atoms with E-state index in [2.05, 4.69) is 4.98 Å². The van der Waals surface area contributed by atoms with Gasteiger partial charge in [0.1, 0.15) is 0 Å². The molecule has 5 heteroatoms. The van der Waals surface area contributed by atoms with Crippen LogP contribution in [-0.2, 0) is 13.0 Å². The monoisotopic (exact) mass is 248 g/mol. The smallest absolute Gasteiger partial charge is 0.422 e. The summed E-state index contributed by atoms with van der Waals surface area (Å²) in [7, 11) is 0. The highest BCUT2D eigenvalue weighted by atomic mass is 16.4. The number of aryl methyl sites for hydroxylation is 1. The molecule has 2 aromatic rings. The summed E-state index contributed by atoms with van der Waals surface area (Å²) in [4.78, 5) is 15.5. The van der Waals surface area contributed by atoms with Crippen molar-refractivity contribution in [3.05, 3.63) is 46.4 Å². The molecule has 2 heterocycles. The molecule has 96 valence electrons. The van der Waals surface area contributed by atoms with Gasteiger partial charge in [-0.1, -0.05) is 13.8 Å². The van der Waals surface area contributed by atoms with Crippen LogP contribution in [0.4, 0.5) is 0 Å². The third kappa shape index (κ3) is 2.45. The lowest BCUT2D eigenvalue weighted by molar-refractivity contribution is 0.400. The first-order valence-corrected chi connectivity index (χ1v) is 5.91. The molecule has 0 spiro atoms. The maximum absolute atomic E-state index is 11.6. The van der Waals surface area contributed by atoms with Crippen molar-refractivity contribution in [1.82, 2.24) is 9.55 Å². The Morgan fingerprint density at radius 2 is 2.06 bits per heavy atom. The zero-order chi connectivity index (χ0) is 13.1. The zero-order valence-electron chi connectivity index (χ0n) is 10.5. The Kier molecular flexibility index (Phi) is 3.50. The Bertz CT molecular complexity index is 570. The Balaban J connectivity index is 2.18. The molecule has 1 N–H and O–H groups in total. The maximum Gasteiger partial charge on any atom is 0.422 e. The number of aromatic nitrogens is 2. The Labute approximate surface area is 105 Å². The van der Waals surface area contributed by atoms with Crippen molar-refractivity contribution in [3.63, 3.8) is 0 Å². The molecule has 0 bridgehead atoms. The summed E-state index contributed by atoms with van der Waals surface area (Å²) < 4.78 is 6.30. The highest BCUT2D eigenvalue weighted by Crippen LogP contribution is 2.24. The third-order valence-electron chi connectivity index (χ3n) is 2.79. The van der Waals surface area contributed by atoms with Gasteiger partial charge in [0.05, 0.1) is 0 Å². The molecule has 2 aromatic heterocycles. The Morgan fingerprint density at radius 1 is 1.39 bits per heavy atom. The molecule has 0 atom stereocenters. The lowest BCUT2D eigenvalue weighted by atomic mass is 10.1. The molecular weight excluding hydrogens is 232 g/mol. The van der Waals surface area contributed by atoms with E-state index in [0.717, 1.165) is 5.56 Å². The number of hydrogen-bond donors (Lipinski definition) is 1. The van der Waals surface area contributed by atoms with Gasteiger partial charge in [-0.2, -0.15) is 0 Å². The molecular formula is C13H16N2O3. The Morgan fingerprint density at radius 3 is 2.61 bits per heavy atom. The van der Waals surface area contributed by atoms with Crippen LogP contribution in [0.25, 0.3) is 0 Å². The van der Waals surface area contributed by atoms with E-state index in [1.165, 1.54) is 4.57 Å². The van der Waals surface area contributed by atoms with Crippen LogP contribution in [0.15, 0.2) is 33.7 Å². The van der Waals surface area contributed by atoms with Crippen molar-refractivity contribution in [2.75, 3.05) is 0 Å². The van der Waals surface area contributed by atoms with Crippen molar-refractivity contribution < 1.29 is 9.52 Å². The van der Waals surface area contributed by atoms with Gasteiger partial charge in [-0.3, -0.25) is 4.98 Å². The average Bonchev–Trinajstić information content (AvgIpc) is 2.64. The van der Waals surface area contributed by atoms with Crippen LogP contribution in [0.2, 0.25) is 0 Å². The minimum absolute atomic E-state index is 0.0140. The lowest BCUT2D eigenvalue weighted by Crippen LogP contribution is -2.15. The van der Waals surface area contributed by atoms with Crippen LogP contribution in [0.1, 0.15) is 31.1 Å². The predicted molar refractivity (Wildman–Crippen MR) is 66.7 cm³/mol. The fourth-order valence-corrected chi connectivity index (χ4v) is 1.78. The number of aromatic hydroxyl groups is 1. The summed E-state index contributed by atoms with van der Waals surface area (Å²) in [5.74, 6) is -0.246. The SMILES string of the molecule is CC(C)c1oc(=O)n(CCc2ccncc2)c1O. The Hall–Kier alpha value is -2.04. The first kappa shape index (κ1) is 12.4. The van der Waals surface area contributed by atoms with Gasteiger partial charge in [0.25, 0.3) is 0 Å². The van der Waals surface area contributed by atoms with Gasteiger partial charge in [-0.25, -0.2) is 9.36 Å². The van der Waals surface area contributed by atoms with Gasteiger partial charge in [-0.15, -0.1) is 0 Å². The molecule has 0 fully saturated rings. The van der Waals surface area contributed by atoms with Gasteiger partial charge in [-0.05, 0) is 24.1 Å². The van der Waals surface area contributed by atoms with Crippen LogP contribution < -0.4 is 5.76 Å². The highest BCUT2D eigenvalue weighted by molar-refractivity contribution is 5.18. The lowest BCUT2D eigenvalue weighted by Gasteiger charge is -2.03. The fraction of sp³-hybridized carbons (Fsp3) is 0.385. The number of rotatable bonds is 4. The number of pyridine rings is 1. The molecule has 0 saturated heterocycles. The number of oxazole rings is 1. The summed E-state index contributed by atoms with van der Waals surface area (Å²) in [6.07, 6.45) is 4.05. The predicted octanol–water partition coefficient (Wildman–Crippen LogP) is 1.91. The minimum atomic E-state index is -0.509. The van der Waals surface area contributed by atoms with Gasteiger partial charge < -0.3 is 9.52 Å². The fourth-order valence-electron chi connectivity index (χ4n) is 1.78. The summed E-state index contributed by atoms with van der Waals surface area (Å²) in [6, 6.07) is 3.76. The largest absolute Gasteiger partial charge is 0.492 e. The van der Waals surface area contributed by atoms with Gasteiger partial charge >= 0.3 is 5.76 Å². The van der Waals surface area contributed by atoms with E-state index in [1.807, 2.05) is 26.0 Å². The van der Waals surface area contributed by atoms with Crippen molar-refractivity contribution in [2.45, 2.75) is 32.7 Å². The molecule has 0 aliphatic heterocycles. The van der Waals surface area contributed by atoms with E-state index in [0.29, 0.717) is 18.7 Å². The van der Waals surface area contributed by atoms with Gasteiger partial charge in [0.15, 0.2) is 5.76 Å². The van der Waals surface area contributed by atoms with Gasteiger partial charge in [0.2, 0.25) is 5.88 Å². The molecule has 0 saturated carbocycles. The summed E-state index contributed by atoms with van der Waals surface area (Å²) in [6.45, 7) is 4.13. The minimum Gasteiger partial charge on any atom is -0.492 e. The second-order valence-electron chi connectivity index (χ2n) is 4.47. The number of hydrogen-bond acceptors (Lipinski definition) is 4. The van der Waals surface area contributed by atoms with Gasteiger partial charge in [0, 0.05) is 24.9 Å². The van der Waals surface area contributed by atoms with Crippen molar-refractivity contribution >= 4 is 0 Å². The second-order valence-corrected chi connectivity index (χ2v) is 4.47. The molecule has 2 rings (SSSR count). The summed E-state index contributed by atoms with van der Waals surface area (Å²) in [5, 5.41) is 9.91. The normalized spacial score (nSPS) is 11.1. The quantitative estimate of drug-likeness (QED) is 0.897. The standard InChI is InChI=1S/C13H16N2O3/c1-9(2)11-12(16)15(13(17)18-11)8-5-10-3-6-14-7-4-10/h3-4,6-7,9,16H,5,8H2,1-2H3. The van der Waals surface area contributed by atoms with E-state index in [-0.39, 0.29) is 11.8 Å². The molecule has 0 aromatic carbocycles. The third-order valence-corrected chi connectivity index (χ3v) is 2.79. The molecule has 0 aliphatic carbocycles. The first-order valence-electron chi connectivity index (χ1n) is 5.91. The van der Waals surface area contributed by atoms with Crippen LogP contribution >= 0.6 is 0 Å². The van der Waals surface area contributed by atoms with E-state index >= 15 is 0 Å². The summed E-state index contributed by atoms with van der Waals surface area (Å²) >= 11 is 0. The maximum atomic E-state index is 11.6. The highest BCUT2D eigenvalue weighted by Gasteiger charge is 2.18. The molecule has 0 unspecified atom stereocenters. The summed E-state index contributed by atoms with van der Waals surface area (Å²) in [5.41, 5.74) is 1.06. The zero-order valence-corrected chi connectivity index (χ0v) is 10.5. The van der Waals surface area contributed by atoms with Crippen LogP contribution in [-0.4, -0.2) is 14.7 Å². The molecule has 18 heavy (non-hydrogen) atoms. The molecule has 0 amide bonds. The van der Waals surface area contributed by atoms with Crippen molar-refractivity contribution in [3.8, 4) is 5.88 Å². The topological polar surface area (TPSA) is 68.3 Å². The van der Waals surface area contributed by atoms with E-state index < -0.39 is 5.76 Å². The molecule has 5 nitrogen and oxygen atoms in total. The van der Waals surface area contributed by atoms with Crippen LogP contribution in [0, 0.1) is 0 Å². The average molecular weight is 248 g/mol. The molecule has 0 aliphatic rings.